The van der Waals surface area contributed by atoms with Crippen molar-refractivity contribution in [3.63, 3.8) is 0 Å². The maximum Gasteiger partial charge on any atom is 0.194 e. The smallest absolute Gasteiger partial charge is 0.194 e. The minimum absolute atomic E-state index is 0.112. The van der Waals surface area contributed by atoms with E-state index >= 15 is 9.59 Å². The van der Waals surface area contributed by atoms with Gasteiger partial charge in [0.25, 0.3) is 0 Å². The van der Waals surface area contributed by atoms with Gasteiger partial charge in [-0.25, -0.2) is 0 Å². The number of hydrogen-bond acceptors (Lipinski definition) is 16. The minimum Gasteiger partial charge on any atom is -0.289 e. The third kappa shape index (κ3) is 20.4. The van der Waals surface area contributed by atoms with Crippen molar-refractivity contribution in [3.8, 4) is 64.7 Å². The highest BCUT2D eigenvalue weighted by Gasteiger charge is 2.56. The van der Waals surface area contributed by atoms with Gasteiger partial charge in [0.15, 0.2) is 11.6 Å². The molecule has 6 heterocycles. The number of aryl methyl sites for hydroxylation is 8. The molecule has 10 aromatic carbocycles. The van der Waals surface area contributed by atoms with Crippen LogP contribution in [0.15, 0.2) is 204 Å². The molecule has 4 aliphatic rings. The van der Waals surface area contributed by atoms with Gasteiger partial charge in [0.05, 0.1) is 63.2 Å². The lowest BCUT2D eigenvalue weighted by Crippen LogP contribution is -2.30. The van der Waals surface area contributed by atoms with Crippen LogP contribution in [0.2, 0.25) is 0 Å². The predicted molar refractivity (Wildman–Crippen MR) is 634 cm³/mol. The monoisotopic (exact) mass is 2080 g/mol. The Bertz CT molecular complexity index is 7380. The number of ketones is 2. The summed E-state index contributed by atoms with van der Waals surface area (Å²) >= 11 is 10.3. The predicted octanol–water partition coefficient (Wildman–Crippen LogP) is 38.6. The van der Waals surface area contributed by atoms with Gasteiger partial charge in [-0.15, -0.1) is 45.3 Å². The van der Waals surface area contributed by atoms with Crippen LogP contribution in [0.4, 0.5) is 0 Å². The zero-order valence-corrected chi connectivity index (χ0v) is 93.5. The lowest BCUT2D eigenvalue weighted by atomic mass is 9.65. The zero-order chi connectivity index (χ0) is 104. The number of allylic oxidation sites excluding steroid dienone is 6. The number of aromatic nitrogens is 4. The van der Waals surface area contributed by atoms with Crippen molar-refractivity contribution in [1.82, 2.24) is 17.5 Å². The second-order valence-corrected chi connectivity index (χ2v) is 47.9. The normalized spacial score (nSPS) is 14.1. The van der Waals surface area contributed by atoms with E-state index in [0.717, 1.165) is 208 Å². The summed E-state index contributed by atoms with van der Waals surface area (Å²) in [5, 5.41) is 46.9. The standard InChI is InChI=1S/C134H136N8O2S6/c1-9-17-25-33-45-85-61-86(46-34-26-18-10-2)66-101(65-85)133(102-67-87(47-35-27-19-11-3)62-88(68-102)48-36-28-20-12-4)113-79-115(105-59-57-97(121-123(105)141-149-139-121)77-111-117(99(81-135)82-136)107-73-93-53-41-43-55-95(93)75-109(107)125(111)143)145-127(113)129-119(133)131-132(147-129)120-130(148-131)128-114(80-116(146-128)106-60-58-98(122-124(106)142-150-140-122)78-112-118(100(83-137)84-138)108-74-94-54-42-44-56-96(94)76-110(108)126(112)144)134(120,103-69-89(49-37-29-21-13-5)63-90(70-103)50-38-30-22-14-6)104-71-91(51-39-31-23-15-7)64-92(72-104)52-40-32-24-16-8/h41-44,53-80H,9-40,45-52H2,1-8H3/b111-77-,112-78-. The summed E-state index contributed by atoms with van der Waals surface area (Å²) in [6.45, 7) is 18.7. The SMILES string of the molecule is CCCCCCc1cc(CCCCCC)cc(C2(c3cc(CCCCCC)cc(CCCCCC)c3)c3cc(-c4ccc(/C=C5\C(=O)c6cc7ccccc7cc6C5=C(C#N)C#N)c5nsnc45)sc3-c3sc4c5c(sc4c32)-c2sc(-c3ccc(/C=C4\C(=O)c6cc7ccccc7cc6C4=C(C#N)C#N)c4nsnc34)cc2C5(c2cc(CCCCCC)cc(CCCCCC)c2)c2cc(CCCCCC)cc(CCCCCC)c2)c1. The first-order chi connectivity index (χ1) is 73.7. The average Bonchev–Trinajstić information content (AvgIpc) is 1.48. The maximum absolute atomic E-state index is 15.3. The van der Waals surface area contributed by atoms with Gasteiger partial charge in [-0.1, -0.05) is 355 Å². The largest absolute Gasteiger partial charge is 0.289 e. The number of thiophene rings is 4. The van der Waals surface area contributed by atoms with E-state index in [9.17, 15) is 21.0 Å². The van der Waals surface area contributed by atoms with Gasteiger partial charge in [0.1, 0.15) is 57.5 Å². The first-order valence-corrected chi connectivity index (χ1v) is 61.0. The van der Waals surface area contributed by atoms with Crippen LogP contribution < -0.4 is 0 Å². The van der Waals surface area contributed by atoms with Crippen LogP contribution >= 0.6 is 68.8 Å². The Hall–Kier alpha value is -12.3. The van der Waals surface area contributed by atoms with Crippen molar-refractivity contribution in [2.24, 2.45) is 0 Å². The van der Waals surface area contributed by atoms with E-state index in [1.807, 2.05) is 108 Å². The Kier molecular flexibility index (Phi) is 33.3. The van der Waals surface area contributed by atoms with E-state index in [2.05, 4.69) is 212 Å². The molecule has 0 bridgehead atoms. The number of nitrogens with zero attached hydrogens (tertiary/aromatic N) is 8. The lowest BCUT2D eigenvalue weighted by Gasteiger charge is -2.35. The van der Waals surface area contributed by atoms with Gasteiger partial charge in [0, 0.05) is 76.6 Å². The summed E-state index contributed by atoms with van der Waals surface area (Å²) in [5.74, 6) is -0.476. The number of unbranched alkanes of at least 4 members (excludes halogenated alkanes) is 24. The van der Waals surface area contributed by atoms with Crippen LogP contribution in [0.1, 0.15) is 393 Å². The van der Waals surface area contributed by atoms with Crippen LogP contribution in [0, 0.1) is 45.3 Å². The summed E-state index contributed by atoms with van der Waals surface area (Å²) < 4.78 is 23.8. The molecule has 0 fully saturated rings. The highest BCUT2D eigenvalue weighted by Crippen LogP contribution is 2.72. The highest BCUT2D eigenvalue weighted by atomic mass is 32.1. The maximum atomic E-state index is 15.3. The van der Waals surface area contributed by atoms with Crippen molar-refractivity contribution >= 4 is 157 Å². The average molecular weight is 2080 g/mol. The van der Waals surface area contributed by atoms with Gasteiger partial charge in [-0.05, 0) is 262 Å². The number of carbonyl (C=O) groups excluding carboxylic acids is 2. The highest BCUT2D eigenvalue weighted by molar-refractivity contribution is 7.35. The van der Waals surface area contributed by atoms with E-state index < -0.39 is 10.8 Å². The molecule has 0 atom stereocenters. The molecule has 0 radical (unpaired) electrons. The minimum atomic E-state index is -0.887. The molecule has 0 unspecified atom stereocenters. The van der Waals surface area contributed by atoms with Gasteiger partial charge in [0.2, 0.25) is 0 Å². The fourth-order valence-electron chi connectivity index (χ4n) is 24.7. The van der Waals surface area contributed by atoms with Crippen LogP contribution in [0.25, 0.3) is 117 Å². The lowest BCUT2D eigenvalue weighted by molar-refractivity contribution is 0.103. The van der Waals surface area contributed by atoms with Crippen LogP contribution in [0.3, 0.4) is 0 Å². The molecule has 0 N–H and O–H groups in total. The summed E-state index contributed by atoms with van der Waals surface area (Å²) in [6.07, 6.45) is 48.5. The first kappa shape index (κ1) is 105. The van der Waals surface area contributed by atoms with Crippen molar-refractivity contribution in [1.29, 1.82) is 21.0 Å². The quantitative estimate of drug-likeness (QED) is 0.0202. The molecule has 0 amide bonds. The van der Waals surface area contributed by atoms with E-state index in [0.29, 0.717) is 66.7 Å². The first-order valence-electron chi connectivity index (χ1n) is 56.3. The molecule has 0 spiro atoms. The van der Waals surface area contributed by atoms with Gasteiger partial charge in [-0.2, -0.15) is 38.5 Å². The van der Waals surface area contributed by atoms with Crippen molar-refractivity contribution < 1.29 is 9.59 Å². The van der Waals surface area contributed by atoms with E-state index in [1.54, 1.807) is 0 Å². The molecule has 760 valence electrons. The zero-order valence-electron chi connectivity index (χ0n) is 88.6. The Balaban J connectivity index is 0.898. The Morgan fingerprint density at radius 1 is 0.280 bits per heavy atom. The third-order valence-corrected chi connectivity index (χ3v) is 38.5. The molecular formula is C134H136N8O2S6. The van der Waals surface area contributed by atoms with Crippen molar-refractivity contribution in [3.05, 3.63) is 327 Å². The van der Waals surface area contributed by atoms with Crippen molar-refractivity contribution in [2.45, 2.75) is 323 Å². The van der Waals surface area contributed by atoms with Crippen molar-refractivity contribution in [2.75, 3.05) is 0 Å². The van der Waals surface area contributed by atoms with Gasteiger partial charge >= 0.3 is 0 Å². The number of Topliss-reactive ketones (excluding diaryl/α,β-unsaturated/α-hetero) is 2. The van der Waals surface area contributed by atoms with E-state index in [1.165, 1.54) is 244 Å². The van der Waals surface area contributed by atoms with Gasteiger partial charge in [-0.3, -0.25) is 9.59 Å². The molecule has 20 rings (SSSR count). The Morgan fingerprint density at radius 2 is 0.540 bits per heavy atom. The number of hydrogen-bond donors (Lipinski definition) is 0. The summed E-state index contributed by atoms with van der Waals surface area (Å²) in [4.78, 5) is 38.0. The van der Waals surface area contributed by atoms with Crippen LogP contribution in [0.5, 0.6) is 0 Å². The molecule has 16 aromatic rings. The van der Waals surface area contributed by atoms with E-state index in [4.69, 9.17) is 17.5 Å². The molecule has 150 heavy (non-hydrogen) atoms. The fraction of sp³-hybridized carbons (Fsp3) is 0.373. The van der Waals surface area contributed by atoms with E-state index in [-0.39, 0.29) is 22.7 Å². The summed E-state index contributed by atoms with van der Waals surface area (Å²) in [7, 11) is 0. The van der Waals surface area contributed by atoms with Crippen LogP contribution in [-0.2, 0) is 62.2 Å². The molecule has 6 aromatic heterocycles. The number of fused-ring (bicyclic) bond motifs is 15. The van der Waals surface area contributed by atoms with Gasteiger partial charge < -0.3 is 0 Å². The molecule has 10 nitrogen and oxygen atoms in total. The second kappa shape index (κ2) is 47.7. The fourth-order valence-corrected chi connectivity index (χ4v) is 31.7. The third-order valence-electron chi connectivity index (χ3n) is 32.3. The summed E-state index contributed by atoms with van der Waals surface area (Å²) in [6, 6.07) is 78.4. The molecule has 16 heteroatoms. The Labute approximate surface area is 911 Å². The molecule has 0 saturated carbocycles. The molecule has 4 aliphatic carbocycles. The molecule has 0 saturated heterocycles. The molecule has 0 aliphatic heterocycles. The topological polar surface area (TPSA) is 181 Å². The number of benzene rings is 10. The number of carbonyl (C=O) groups is 2. The number of nitriles is 4. The number of rotatable bonds is 48. The Morgan fingerprint density at radius 3 is 0.800 bits per heavy atom. The summed E-state index contributed by atoms with van der Waals surface area (Å²) in [5.41, 5.74) is 29.5. The molecular weight excluding hydrogens is 1950 g/mol. The second-order valence-electron chi connectivity index (χ2n) is 42.7. The van der Waals surface area contributed by atoms with Crippen LogP contribution in [-0.4, -0.2) is 29.1 Å².